The number of halogens is 2. The Morgan fingerprint density at radius 3 is 2.79 bits per heavy atom. The van der Waals surface area contributed by atoms with E-state index in [-0.39, 0.29) is 11.3 Å². The van der Waals surface area contributed by atoms with Crippen LogP contribution in [0.1, 0.15) is 51.8 Å². The largest absolute Gasteiger partial charge is 0.358 e. The molecule has 0 spiro atoms. The lowest BCUT2D eigenvalue weighted by molar-refractivity contribution is -0.118. The number of carbonyl (C=O) groups excluding carboxylic acids is 1. The van der Waals surface area contributed by atoms with Crippen LogP contribution in [0.4, 0.5) is 14.5 Å². The maximum atomic E-state index is 14.3. The summed E-state index contributed by atoms with van der Waals surface area (Å²) in [5, 5.41) is 3.79. The van der Waals surface area contributed by atoms with Gasteiger partial charge in [-0.3, -0.25) is 9.78 Å². The highest BCUT2D eigenvalue weighted by Crippen LogP contribution is 2.50. The van der Waals surface area contributed by atoms with Gasteiger partial charge in [-0.1, -0.05) is 25.8 Å². The number of fused-ring (bicyclic) bond motifs is 3. The SMILES string of the molecule is [2H]C([2H])([2H])C1(C([2H])([2H])[2H])CC(=O)C2=C(C1)Nc1ccc3ncccc3c1C2c1ccc(F)c(F)c1. The molecule has 0 radical (unpaired) electrons. The molecule has 1 atom stereocenters. The highest BCUT2D eigenvalue weighted by Gasteiger charge is 2.41. The lowest BCUT2D eigenvalue weighted by Crippen LogP contribution is -2.34. The first-order chi connectivity index (χ1) is 16.3. The van der Waals surface area contributed by atoms with Gasteiger partial charge < -0.3 is 5.32 Å². The molecule has 146 valence electrons. The van der Waals surface area contributed by atoms with Crippen molar-refractivity contribution in [3.05, 3.63) is 82.7 Å². The predicted octanol–water partition coefficient (Wildman–Crippen LogP) is 5.71. The van der Waals surface area contributed by atoms with E-state index < -0.39 is 55.3 Å². The quantitative estimate of drug-likeness (QED) is 0.573. The Balaban J connectivity index is 1.80. The van der Waals surface area contributed by atoms with Crippen molar-refractivity contribution in [3.63, 3.8) is 0 Å². The zero-order chi connectivity index (χ0) is 25.3. The fraction of sp³-hybridized carbons (Fsp3) is 0.250. The highest BCUT2D eigenvalue weighted by atomic mass is 19.2. The average Bonchev–Trinajstić information content (AvgIpc) is 2.77. The number of carbonyl (C=O) groups is 1. The fourth-order valence-electron chi connectivity index (χ4n) is 4.37. The molecule has 29 heavy (non-hydrogen) atoms. The van der Waals surface area contributed by atoms with E-state index in [1.807, 2.05) is 0 Å². The number of ketones is 1. The second-order valence-corrected chi connectivity index (χ2v) is 7.58. The standard InChI is InChI=1S/C24H20F2N2O/c1-24(2)11-19-23(20(29)12-24)21(13-5-6-15(25)16(26)10-13)22-14-4-3-9-27-17(14)7-8-18(22)28-19/h3-10,21,28H,11-12H2,1-2H3/i1D3,2D3. The second-order valence-electron chi connectivity index (χ2n) is 7.58. The molecule has 1 N–H and O–H groups in total. The summed E-state index contributed by atoms with van der Waals surface area (Å²) in [6.45, 7) is -5.89. The Labute approximate surface area is 175 Å². The van der Waals surface area contributed by atoms with Gasteiger partial charge in [0.1, 0.15) is 0 Å². The summed E-state index contributed by atoms with van der Waals surface area (Å²) < 4.78 is 76.2. The molecule has 1 aliphatic heterocycles. The average molecular weight is 396 g/mol. The van der Waals surface area contributed by atoms with Crippen molar-refractivity contribution in [1.29, 1.82) is 0 Å². The van der Waals surface area contributed by atoms with Crippen LogP contribution in [0, 0.1) is 17.0 Å². The molecular weight excluding hydrogens is 370 g/mol. The molecular formula is C24H20F2N2O. The van der Waals surface area contributed by atoms with E-state index in [0.717, 1.165) is 12.1 Å². The Kier molecular flexibility index (Phi) is 2.67. The minimum Gasteiger partial charge on any atom is -0.358 e. The van der Waals surface area contributed by atoms with Gasteiger partial charge in [-0.05, 0) is 53.3 Å². The summed E-state index contributed by atoms with van der Waals surface area (Å²) in [5.74, 6) is -3.67. The summed E-state index contributed by atoms with van der Waals surface area (Å²) in [5.41, 5.74) is 0.0641. The van der Waals surface area contributed by atoms with Gasteiger partial charge in [0.2, 0.25) is 0 Å². The van der Waals surface area contributed by atoms with Gasteiger partial charge in [0, 0.05) is 49.1 Å². The van der Waals surface area contributed by atoms with E-state index >= 15 is 0 Å². The first-order valence-corrected chi connectivity index (χ1v) is 9.20. The summed E-state index contributed by atoms with van der Waals surface area (Å²) in [6.07, 6.45) is 0.458. The van der Waals surface area contributed by atoms with Crippen LogP contribution in [-0.4, -0.2) is 10.8 Å². The zero-order valence-corrected chi connectivity index (χ0v) is 15.2. The Bertz CT molecular complexity index is 1400. The molecule has 2 aromatic carbocycles. The minimum atomic E-state index is -2.95. The first-order valence-electron chi connectivity index (χ1n) is 12.2. The van der Waals surface area contributed by atoms with Crippen LogP contribution in [0.15, 0.2) is 59.9 Å². The van der Waals surface area contributed by atoms with Crippen molar-refractivity contribution in [2.45, 2.75) is 32.5 Å². The Hall–Kier alpha value is -3.08. The van der Waals surface area contributed by atoms with E-state index in [0.29, 0.717) is 27.7 Å². The van der Waals surface area contributed by atoms with Crippen LogP contribution < -0.4 is 5.32 Å². The topological polar surface area (TPSA) is 42.0 Å². The van der Waals surface area contributed by atoms with Gasteiger partial charge in [-0.25, -0.2) is 8.78 Å². The number of aromatic nitrogens is 1. The molecule has 0 bridgehead atoms. The Morgan fingerprint density at radius 1 is 1.14 bits per heavy atom. The molecule has 5 heteroatoms. The van der Waals surface area contributed by atoms with Gasteiger partial charge in [0.15, 0.2) is 17.4 Å². The number of benzene rings is 2. The van der Waals surface area contributed by atoms with Crippen molar-refractivity contribution in [2.24, 2.45) is 5.41 Å². The van der Waals surface area contributed by atoms with Crippen LogP contribution in [0.3, 0.4) is 0 Å². The molecule has 0 fully saturated rings. The molecule has 3 aromatic rings. The van der Waals surface area contributed by atoms with E-state index in [9.17, 15) is 13.6 Å². The van der Waals surface area contributed by atoms with Gasteiger partial charge in [0.25, 0.3) is 0 Å². The number of Topliss-reactive ketones (excluding diaryl/α,β-unsaturated/α-hetero) is 1. The summed E-state index contributed by atoms with van der Waals surface area (Å²) in [7, 11) is 0. The number of nitrogens with zero attached hydrogens (tertiary/aromatic N) is 1. The summed E-state index contributed by atoms with van der Waals surface area (Å²) in [4.78, 5) is 18.0. The summed E-state index contributed by atoms with van der Waals surface area (Å²) in [6, 6.07) is 10.3. The third-order valence-corrected chi connectivity index (χ3v) is 5.53. The molecule has 0 saturated heterocycles. The van der Waals surface area contributed by atoms with Crippen molar-refractivity contribution in [3.8, 4) is 0 Å². The van der Waals surface area contributed by atoms with E-state index in [1.54, 1.807) is 30.5 Å². The Morgan fingerprint density at radius 2 is 2.00 bits per heavy atom. The molecule has 0 amide bonds. The predicted molar refractivity (Wildman–Crippen MR) is 109 cm³/mol. The lowest BCUT2D eigenvalue weighted by atomic mass is 9.68. The number of hydrogen-bond acceptors (Lipinski definition) is 3. The molecule has 3 nitrogen and oxygen atoms in total. The van der Waals surface area contributed by atoms with Gasteiger partial charge in [-0.15, -0.1) is 0 Å². The molecule has 1 aliphatic carbocycles. The van der Waals surface area contributed by atoms with Crippen LogP contribution in [0.25, 0.3) is 10.9 Å². The third-order valence-electron chi connectivity index (χ3n) is 5.53. The molecule has 0 saturated carbocycles. The van der Waals surface area contributed by atoms with Gasteiger partial charge >= 0.3 is 0 Å². The molecule has 1 unspecified atom stereocenters. The van der Waals surface area contributed by atoms with Crippen molar-refractivity contribution in [1.82, 2.24) is 4.98 Å². The normalized spacial score (nSPS) is 24.2. The minimum absolute atomic E-state index is 0.156. The highest BCUT2D eigenvalue weighted by molar-refractivity contribution is 6.04. The number of nitrogens with one attached hydrogen (secondary N) is 1. The smallest absolute Gasteiger partial charge is 0.162 e. The zero-order valence-electron chi connectivity index (χ0n) is 21.2. The van der Waals surface area contributed by atoms with Crippen LogP contribution in [-0.2, 0) is 4.79 Å². The number of hydrogen-bond donors (Lipinski definition) is 1. The maximum Gasteiger partial charge on any atom is 0.162 e. The monoisotopic (exact) mass is 396 g/mol. The van der Waals surface area contributed by atoms with E-state index in [4.69, 9.17) is 8.22 Å². The van der Waals surface area contributed by atoms with Crippen molar-refractivity contribution >= 4 is 22.4 Å². The maximum absolute atomic E-state index is 14.3. The number of pyridine rings is 1. The molecule has 2 aliphatic rings. The molecule has 5 rings (SSSR count). The van der Waals surface area contributed by atoms with Gasteiger partial charge in [0.05, 0.1) is 5.52 Å². The summed E-state index contributed by atoms with van der Waals surface area (Å²) >= 11 is 0. The van der Waals surface area contributed by atoms with Crippen LogP contribution in [0.2, 0.25) is 0 Å². The molecule has 2 heterocycles. The van der Waals surface area contributed by atoms with Crippen molar-refractivity contribution < 1.29 is 21.8 Å². The molecule has 1 aromatic heterocycles. The number of allylic oxidation sites excluding steroid dienone is 2. The van der Waals surface area contributed by atoms with Gasteiger partial charge in [-0.2, -0.15) is 0 Å². The van der Waals surface area contributed by atoms with Crippen LogP contribution >= 0.6 is 0 Å². The number of anilines is 1. The van der Waals surface area contributed by atoms with Crippen molar-refractivity contribution in [2.75, 3.05) is 5.32 Å². The second kappa shape index (κ2) is 6.21. The van der Waals surface area contributed by atoms with Crippen LogP contribution in [0.5, 0.6) is 0 Å². The third kappa shape index (κ3) is 2.84. The first kappa shape index (κ1) is 12.5. The van der Waals surface area contributed by atoms with E-state index in [1.165, 1.54) is 6.07 Å². The number of rotatable bonds is 1. The lowest BCUT2D eigenvalue weighted by Gasteiger charge is -2.40. The fourth-order valence-corrected chi connectivity index (χ4v) is 4.37. The van der Waals surface area contributed by atoms with E-state index in [2.05, 4.69) is 10.3 Å².